The second-order valence-corrected chi connectivity index (χ2v) is 5.02. The largest absolute Gasteiger partial charge is 0.469 e. The van der Waals surface area contributed by atoms with Gasteiger partial charge in [0.25, 0.3) is 0 Å². The van der Waals surface area contributed by atoms with Crippen LogP contribution >= 0.6 is 11.5 Å². The van der Waals surface area contributed by atoms with E-state index in [2.05, 4.69) is 18.5 Å². The topological polar surface area (TPSA) is 89.9 Å². The van der Waals surface area contributed by atoms with Gasteiger partial charge in [0.15, 0.2) is 12.4 Å². The average molecular weight is 263 g/mol. The van der Waals surface area contributed by atoms with Gasteiger partial charge >= 0.3 is 10.3 Å². The van der Waals surface area contributed by atoms with Crippen LogP contribution in [-0.2, 0) is 21.0 Å². The predicted octanol–water partition coefficient (Wildman–Crippen LogP) is 0.262. The summed E-state index contributed by atoms with van der Waals surface area (Å²) in [6, 6.07) is 1.80. The van der Waals surface area contributed by atoms with Crippen LogP contribution in [0, 0.1) is 0 Å². The van der Waals surface area contributed by atoms with Crippen molar-refractivity contribution < 1.29 is 17.4 Å². The first kappa shape index (κ1) is 11.3. The zero-order chi connectivity index (χ0) is 11.6. The van der Waals surface area contributed by atoms with E-state index in [-0.39, 0.29) is 12.4 Å². The quantitative estimate of drug-likeness (QED) is 0.838. The molecule has 1 aromatic rings. The Morgan fingerprint density at radius 1 is 1.62 bits per heavy atom. The van der Waals surface area contributed by atoms with Crippen LogP contribution in [0.2, 0.25) is 0 Å². The molecule has 0 bridgehead atoms. The van der Waals surface area contributed by atoms with E-state index in [4.69, 9.17) is 4.74 Å². The lowest BCUT2D eigenvalue weighted by Crippen LogP contribution is -2.23. The Morgan fingerprint density at radius 3 is 3.00 bits per heavy atom. The standard InChI is InChI=1S/C7H9N3O4S2/c1-2-5-3-7(9-15-5)13-4-6-8-14-16(11,12)10-6/h3H,2,4H2,1H3,(H,8,10). The van der Waals surface area contributed by atoms with Gasteiger partial charge in [0, 0.05) is 10.9 Å². The first-order valence-corrected chi connectivity index (χ1v) is 6.59. The molecular formula is C7H9N3O4S2. The van der Waals surface area contributed by atoms with Crippen LogP contribution in [0.3, 0.4) is 0 Å². The third-order valence-corrected chi connectivity index (χ3v) is 3.38. The van der Waals surface area contributed by atoms with Crippen LogP contribution in [0.15, 0.2) is 10.5 Å². The smallest absolute Gasteiger partial charge is 0.403 e. The van der Waals surface area contributed by atoms with Crippen molar-refractivity contribution in [1.82, 2.24) is 9.85 Å². The lowest BCUT2D eigenvalue weighted by molar-refractivity contribution is 0.269. The number of nitrogens with one attached hydrogen (secondary N) is 1. The summed E-state index contributed by atoms with van der Waals surface area (Å²) in [7, 11) is -3.82. The predicted molar refractivity (Wildman–Crippen MR) is 57.6 cm³/mol. The second kappa shape index (κ2) is 4.36. The van der Waals surface area contributed by atoms with Crippen molar-refractivity contribution >= 4 is 27.7 Å². The van der Waals surface area contributed by atoms with Crippen LogP contribution in [0.1, 0.15) is 11.8 Å². The molecule has 0 radical (unpaired) electrons. The molecule has 2 rings (SSSR count). The van der Waals surface area contributed by atoms with E-state index in [0.29, 0.717) is 5.88 Å². The zero-order valence-electron chi connectivity index (χ0n) is 8.34. The molecule has 2 heterocycles. The van der Waals surface area contributed by atoms with Crippen LogP contribution in [0.25, 0.3) is 0 Å². The minimum absolute atomic E-state index is 0.0217. The molecule has 16 heavy (non-hydrogen) atoms. The summed E-state index contributed by atoms with van der Waals surface area (Å²) in [6.45, 7) is 1.99. The van der Waals surface area contributed by atoms with Crippen LogP contribution in [0.5, 0.6) is 5.88 Å². The van der Waals surface area contributed by atoms with Crippen molar-refractivity contribution in [2.24, 2.45) is 4.40 Å². The number of hydrogen-bond acceptors (Lipinski definition) is 7. The Balaban J connectivity index is 1.93. The number of aryl methyl sites for hydroxylation is 1. The molecule has 0 amide bonds. The van der Waals surface area contributed by atoms with Gasteiger partial charge in [0.2, 0.25) is 5.88 Å². The van der Waals surface area contributed by atoms with Gasteiger partial charge < -0.3 is 4.74 Å². The molecular weight excluding hydrogens is 254 g/mol. The lowest BCUT2D eigenvalue weighted by Gasteiger charge is -1.99. The van der Waals surface area contributed by atoms with Crippen molar-refractivity contribution in [3.8, 4) is 5.88 Å². The minimum atomic E-state index is -3.82. The normalized spacial score (nSPS) is 17.9. The summed E-state index contributed by atoms with van der Waals surface area (Å²) in [4.78, 5) is 1.10. The van der Waals surface area contributed by atoms with E-state index in [1.807, 2.05) is 6.92 Å². The van der Waals surface area contributed by atoms with Crippen molar-refractivity contribution in [2.45, 2.75) is 13.3 Å². The fourth-order valence-corrected chi connectivity index (χ4v) is 2.19. The van der Waals surface area contributed by atoms with Crippen LogP contribution < -0.4 is 10.2 Å². The van der Waals surface area contributed by atoms with Gasteiger partial charge in [-0.2, -0.15) is 12.8 Å². The third-order valence-electron chi connectivity index (χ3n) is 1.73. The maximum absolute atomic E-state index is 10.8. The van der Waals surface area contributed by atoms with E-state index < -0.39 is 10.3 Å². The number of aromatic nitrogens is 1. The molecule has 0 aliphatic carbocycles. The summed E-state index contributed by atoms with van der Waals surface area (Å²) >= 11 is 1.35. The molecule has 0 unspecified atom stereocenters. The molecule has 88 valence electrons. The Labute approximate surface area is 96.5 Å². The molecule has 1 N–H and O–H groups in total. The highest BCUT2D eigenvalue weighted by molar-refractivity contribution is 7.85. The van der Waals surface area contributed by atoms with E-state index in [1.165, 1.54) is 11.5 Å². The number of hydrogen-bond donors (Lipinski definition) is 1. The van der Waals surface area contributed by atoms with Gasteiger partial charge in [-0.1, -0.05) is 6.92 Å². The molecule has 0 atom stereocenters. The molecule has 0 fully saturated rings. The molecule has 7 nitrogen and oxygen atoms in total. The first-order chi connectivity index (χ1) is 7.59. The van der Waals surface area contributed by atoms with Gasteiger partial charge in [0.05, 0.1) is 0 Å². The Hall–Kier alpha value is -1.19. The average Bonchev–Trinajstić information content (AvgIpc) is 2.81. The number of rotatable bonds is 4. The van der Waals surface area contributed by atoms with Gasteiger partial charge in [-0.15, -0.1) is 8.68 Å². The lowest BCUT2D eigenvalue weighted by atomic mass is 10.4. The highest BCUT2D eigenvalue weighted by Gasteiger charge is 2.21. The molecule has 1 aromatic heterocycles. The maximum atomic E-state index is 10.8. The molecule has 9 heteroatoms. The number of amidine groups is 1. The summed E-state index contributed by atoms with van der Waals surface area (Å²) < 4.78 is 38.2. The number of ether oxygens (including phenoxy) is 1. The number of nitrogens with zero attached hydrogens (tertiary/aromatic N) is 2. The molecule has 0 saturated heterocycles. The monoisotopic (exact) mass is 263 g/mol. The van der Waals surface area contributed by atoms with Crippen molar-refractivity contribution in [3.63, 3.8) is 0 Å². The minimum Gasteiger partial charge on any atom is -0.469 e. The number of hydroxylamine groups is 1. The van der Waals surface area contributed by atoms with E-state index in [0.717, 1.165) is 11.3 Å². The third kappa shape index (κ3) is 2.68. The fraction of sp³-hybridized carbons (Fsp3) is 0.429. The molecule has 0 spiro atoms. The van der Waals surface area contributed by atoms with Gasteiger partial charge in [-0.3, -0.25) is 0 Å². The van der Waals surface area contributed by atoms with Crippen molar-refractivity contribution in [3.05, 3.63) is 10.9 Å². The SMILES string of the molecule is CCc1cc(OCC2=NS(=O)(=O)ON2)ns1. The van der Waals surface area contributed by atoms with Crippen LogP contribution in [0.4, 0.5) is 0 Å². The summed E-state index contributed by atoms with van der Waals surface area (Å²) in [6.07, 6.45) is 0.887. The molecule has 0 aromatic carbocycles. The molecule has 0 saturated carbocycles. The highest BCUT2D eigenvalue weighted by atomic mass is 32.2. The van der Waals surface area contributed by atoms with E-state index in [9.17, 15) is 8.42 Å². The molecule has 1 aliphatic heterocycles. The van der Waals surface area contributed by atoms with E-state index >= 15 is 0 Å². The summed E-state index contributed by atoms with van der Waals surface area (Å²) in [5.41, 5.74) is 2.15. The highest BCUT2D eigenvalue weighted by Crippen LogP contribution is 2.16. The summed E-state index contributed by atoms with van der Waals surface area (Å²) in [5.74, 6) is 0.557. The van der Waals surface area contributed by atoms with Crippen LogP contribution in [-0.4, -0.2) is 25.2 Å². The van der Waals surface area contributed by atoms with Crippen molar-refractivity contribution in [2.75, 3.05) is 6.61 Å². The van der Waals surface area contributed by atoms with Crippen molar-refractivity contribution in [1.29, 1.82) is 0 Å². The maximum Gasteiger partial charge on any atom is 0.403 e. The Kier molecular flexibility index (Phi) is 3.08. The fourth-order valence-electron chi connectivity index (χ4n) is 1.000. The second-order valence-electron chi connectivity index (χ2n) is 2.92. The first-order valence-electron chi connectivity index (χ1n) is 4.45. The van der Waals surface area contributed by atoms with Gasteiger partial charge in [0.1, 0.15) is 0 Å². The van der Waals surface area contributed by atoms with E-state index in [1.54, 1.807) is 6.07 Å². The summed E-state index contributed by atoms with van der Waals surface area (Å²) in [5, 5.41) is 0. The Bertz CT molecular complexity index is 507. The molecule has 1 aliphatic rings. The van der Waals surface area contributed by atoms with Gasteiger partial charge in [-0.25, -0.2) is 5.48 Å². The van der Waals surface area contributed by atoms with Gasteiger partial charge in [-0.05, 0) is 18.0 Å². The zero-order valence-corrected chi connectivity index (χ0v) is 9.97. The Morgan fingerprint density at radius 2 is 2.44 bits per heavy atom.